The van der Waals surface area contributed by atoms with E-state index in [4.69, 9.17) is 16.7 Å². The molecule has 0 saturated heterocycles. The Morgan fingerprint density at radius 3 is 2.75 bits per heavy atom. The maximum atomic E-state index is 11.0. The van der Waals surface area contributed by atoms with Crippen LogP contribution in [0.25, 0.3) is 17.1 Å². The summed E-state index contributed by atoms with van der Waals surface area (Å²) in [6.45, 7) is 0. The number of carboxylic acid groups (broad SMARTS) is 1. The van der Waals surface area contributed by atoms with Crippen molar-refractivity contribution in [2.24, 2.45) is 0 Å². The number of pyridine rings is 1. The molecule has 0 aliphatic rings. The van der Waals surface area contributed by atoms with Crippen molar-refractivity contribution < 1.29 is 9.90 Å². The highest BCUT2D eigenvalue weighted by Gasteiger charge is 2.17. The standard InChI is InChI=1S/C18H12ClN5O2S2/c19-12-2-1-3-13(8-12)24-16(11-4-6-20-7-5-11)22-23-18(24)28-10-15-21-14(9-27-15)17(25)26/h1-9H,10H2,(H,25,26). The van der Waals surface area contributed by atoms with Gasteiger partial charge in [0.15, 0.2) is 16.7 Å². The van der Waals surface area contributed by atoms with Crippen molar-refractivity contribution in [3.63, 3.8) is 0 Å². The van der Waals surface area contributed by atoms with Crippen molar-refractivity contribution in [3.05, 3.63) is 69.9 Å². The zero-order chi connectivity index (χ0) is 19.5. The Bertz CT molecular complexity index is 1130. The molecule has 0 spiro atoms. The predicted octanol–water partition coefficient (Wildman–Crippen LogP) is 4.43. The lowest BCUT2D eigenvalue weighted by molar-refractivity contribution is 0.0691. The molecule has 0 aliphatic heterocycles. The van der Waals surface area contributed by atoms with Crippen LogP contribution in [0.1, 0.15) is 15.5 Å². The molecule has 0 aliphatic carbocycles. The number of aromatic nitrogens is 5. The Hall–Kier alpha value is -2.75. The van der Waals surface area contributed by atoms with Crippen molar-refractivity contribution in [2.45, 2.75) is 10.9 Å². The minimum atomic E-state index is -1.03. The van der Waals surface area contributed by atoms with Crippen LogP contribution in [-0.2, 0) is 5.75 Å². The molecule has 3 heterocycles. The number of rotatable bonds is 6. The van der Waals surface area contributed by atoms with Crippen molar-refractivity contribution in [1.29, 1.82) is 0 Å². The van der Waals surface area contributed by atoms with Crippen LogP contribution in [0, 0.1) is 0 Å². The number of nitrogens with zero attached hydrogens (tertiary/aromatic N) is 5. The molecule has 0 saturated carbocycles. The molecule has 10 heteroatoms. The second kappa shape index (κ2) is 8.09. The van der Waals surface area contributed by atoms with Gasteiger partial charge in [0.05, 0.1) is 11.4 Å². The van der Waals surface area contributed by atoms with Crippen molar-refractivity contribution >= 4 is 40.7 Å². The number of halogens is 1. The van der Waals surface area contributed by atoms with Gasteiger partial charge in [0.1, 0.15) is 5.01 Å². The van der Waals surface area contributed by atoms with Gasteiger partial charge in [-0.05, 0) is 30.3 Å². The van der Waals surface area contributed by atoms with Gasteiger partial charge in [-0.3, -0.25) is 9.55 Å². The van der Waals surface area contributed by atoms with Gasteiger partial charge in [-0.15, -0.1) is 21.5 Å². The van der Waals surface area contributed by atoms with Crippen LogP contribution >= 0.6 is 34.7 Å². The number of hydrogen-bond donors (Lipinski definition) is 1. The summed E-state index contributed by atoms with van der Waals surface area (Å²) in [5, 5.41) is 21.2. The first kappa shape index (κ1) is 18.6. The fourth-order valence-corrected chi connectivity index (χ4v) is 4.42. The first-order valence-electron chi connectivity index (χ1n) is 8.04. The SMILES string of the molecule is O=C(O)c1csc(CSc2nnc(-c3ccncc3)n2-c2cccc(Cl)c2)n1. The van der Waals surface area contributed by atoms with E-state index in [1.165, 1.54) is 28.5 Å². The number of benzene rings is 1. The average Bonchev–Trinajstić information content (AvgIpc) is 3.34. The Balaban J connectivity index is 1.70. The molecule has 0 atom stereocenters. The molecule has 7 nitrogen and oxygen atoms in total. The molecule has 3 aromatic heterocycles. The molecule has 0 unspecified atom stereocenters. The molecule has 28 heavy (non-hydrogen) atoms. The van der Waals surface area contributed by atoms with Crippen LogP contribution in [0.2, 0.25) is 5.02 Å². The molecule has 0 fully saturated rings. The lowest BCUT2D eigenvalue weighted by Crippen LogP contribution is -2.00. The van der Waals surface area contributed by atoms with Crippen LogP contribution in [0.5, 0.6) is 0 Å². The topological polar surface area (TPSA) is 93.8 Å². The molecule has 0 radical (unpaired) electrons. The third kappa shape index (κ3) is 3.91. The van der Waals surface area contributed by atoms with E-state index < -0.39 is 5.97 Å². The molecule has 4 rings (SSSR count). The number of hydrogen-bond acceptors (Lipinski definition) is 7. The highest BCUT2D eigenvalue weighted by Crippen LogP contribution is 2.31. The number of aromatic carboxylic acids is 1. The summed E-state index contributed by atoms with van der Waals surface area (Å²) < 4.78 is 1.91. The molecular weight excluding hydrogens is 418 g/mol. The summed E-state index contributed by atoms with van der Waals surface area (Å²) in [5.41, 5.74) is 1.75. The predicted molar refractivity (Wildman–Crippen MR) is 108 cm³/mol. The second-order valence-electron chi connectivity index (χ2n) is 5.58. The first-order valence-corrected chi connectivity index (χ1v) is 10.3. The maximum absolute atomic E-state index is 11.0. The largest absolute Gasteiger partial charge is 0.476 e. The van der Waals surface area contributed by atoms with Gasteiger partial charge >= 0.3 is 5.97 Å². The minimum absolute atomic E-state index is 0.0504. The maximum Gasteiger partial charge on any atom is 0.355 e. The number of carboxylic acids is 1. The lowest BCUT2D eigenvalue weighted by Gasteiger charge is -2.10. The first-order chi connectivity index (χ1) is 13.6. The van der Waals surface area contributed by atoms with Crippen molar-refractivity contribution in [3.8, 4) is 17.1 Å². The highest BCUT2D eigenvalue weighted by atomic mass is 35.5. The highest BCUT2D eigenvalue weighted by molar-refractivity contribution is 7.98. The summed E-state index contributed by atoms with van der Waals surface area (Å²) in [6.07, 6.45) is 3.39. The van der Waals surface area contributed by atoms with Gasteiger partial charge in [0.25, 0.3) is 0 Å². The Kier molecular flexibility index (Phi) is 5.38. The summed E-state index contributed by atoms with van der Waals surface area (Å²) >= 11 is 8.91. The van der Waals surface area contributed by atoms with Crippen LogP contribution < -0.4 is 0 Å². The van der Waals surface area contributed by atoms with E-state index in [1.54, 1.807) is 18.5 Å². The summed E-state index contributed by atoms with van der Waals surface area (Å²) in [4.78, 5) is 19.2. The third-order valence-electron chi connectivity index (χ3n) is 3.73. The van der Waals surface area contributed by atoms with Crippen molar-refractivity contribution in [1.82, 2.24) is 24.7 Å². The molecule has 140 valence electrons. The number of thiazole rings is 1. The Morgan fingerprint density at radius 1 is 1.21 bits per heavy atom. The fraction of sp³-hybridized carbons (Fsp3) is 0.0556. The van der Waals surface area contributed by atoms with E-state index in [-0.39, 0.29) is 5.69 Å². The van der Waals surface area contributed by atoms with Crippen molar-refractivity contribution in [2.75, 3.05) is 0 Å². The van der Waals surface area contributed by atoms with E-state index in [9.17, 15) is 4.79 Å². The number of thioether (sulfide) groups is 1. The van der Waals surface area contributed by atoms with Gasteiger partial charge in [-0.2, -0.15) is 0 Å². The van der Waals surface area contributed by atoms with Crippen LogP contribution in [0.4, 0.5) is 0 Å². The van der Waals surface area contributed by atoms with E-state index in [0.717, 1.165) is 11.3 Å². The van der Waals surface area contributed by atoms with Crippen LogP contribution in [0.3, 0.4) is 0 Å². The summed E-state index contributed by atoms with van der Waals surface area (Å²) in [5.74, 6) is 0.111. The normalized spacial score (nSPS) is 10.9. The summed E-state index contributed by atoms with van der Waals surface area (Å²) in [7, 11) is 0. The zero-order valence-corrected chi connectivity index (χ0v) is 16.6. The Labute approximate surface area is 173 Å². The molecular formula is C18H12ClN5O2S2. The van der Waals surface area contributed by atoms with E-state index in [1.807, 2.05) is 34.9 Å². The number of carbonyl (C=O) groups is 1. The monoisotopic (exact) mass is 429 g/mol. The van der Waals surface area contributed by atoms with E-state index >= 15 is 0 Å². The van der Waals surface area contributed by atoms with E-state index in [2.05, 4.69) is 20.2 Å². The smallest absolute Gasteiger partial charge is 0.355 e. The third-order valence-corrected chi connectivity index (χ3v) is 5.94. The molecule has 0 bridgehead atoms. The Morgan fingerprint density at radius 2 is 2.04 bits per heavy atom. The zero-order valence-electron chi connectivity index (χ0n) is 14.2. The minimum Gasteiger partial charge on any atom is -0.476 e. The van der Waals surface area contributed by atoms with E-state index in [0.29, 0.717) is 26.8 Å². The molecule has 4 aromatic rings. The van der Waals surface area contributed by atoms with Crippen LogP contribution in [0.15, 0.2) is 59.3 Å². The molecule has 1 N–H and O–H groups in total. The average molecular weight is 430 g/mol. The van der Waals surface area contributed by atoms with Gasteiger partial charge < -0.3 is 5.11 Å². The summed E-state index contributed by atoms with van der Waals surface area (Å²) in [6, 6.07) is 11.2. The van der Waals surface area contributed by atoms with Crippen LogP contribution in [-0.4, -0.2) is 35.8 Å². The lowest BCUT2D eigenvalue weighted by atomic mass is 10.2. The fourth-order valence-electron chi connectivity index (χ4n) is 2.50. The van der Waals surface area contributed by atoms with Gasteiger partial charge in [0.2, 0.25) is 0 Å². The van der Waals surface area contributed by atoms with Gasteiger partial charge in [0, 0.05) is 28.4 Å². The van der Waals surface area contributed by atoms with Gasteiger partial charge in [-0.1, -0.05) is 29.4 Å². The van der Waals surface area contributed by atoms with Gasteiger partial charge in [-0.25, -0.2) is 9.78 Å². The second-order valence-corrected chi connectivity index (χ2v) is 7.90. The molecule has 0 amide bonds. The quantitative estimate of drug-likeness (QED) is 0.453. The molecule has 1 aromatic carbocycles.